The number of hydrogen-bond acceptors (Lipinski definition) is 2. The summed E-state index contributed by atoms with van der Waals surface area (Å²) in [6.07, 6.45) is 4.53. The van der Waals surface area contributed by atoms with E-state index < -0.39 is 0 Å². The Morgan fingerprint density at radius 1 is 1.00 bits per heavy atom. The van der Waals surface area contributed by atoms with Gasteiger partial charge in [-0.15, -0.1) is 0 Å². The van der Waals surface area contributed by atoms with Crippen LogP contribution in [0.25, 0.3) is 11.1 Å². The highest BCUT2D eigenvalue weighted by molar-refractivity contribution is 5.92. The van der Waals surface area contributed by atoms with Gasteiger partial charge >= 0.3 is 6.03 Å². The van der Waals surface area contributed by atoms with E-state index in [1.165, 1.54) is 16.7 Å². The first-order valence-corrected chi connectivity index (χ1v) is 12.2. The lowest BCUT2D eigenvalue weighted by Gasteiger charge is -2.28. The van der Waals surface area contributed by atoms with E-state index in [2.05, 4.69) is 66.1 Å². The van der Waals surface area contributed by atoms with Gasteiger partial charge in [-0.3, -0.25) is 4.90 Å². The molecule has 4 rings (SSSR count). The highest BCUT2D eigenvalue weighted by atomic mass is 16.2. The van der Waals surface area contributed by atoms with Gasteiger partial charge < -0.3 is 10.6 Å². The van der Waals surface area contributed by atoms with E-state index in [1.807, 2.05) is 42.2 Å². The molecule has 0 bridgehead atoms. The lowest BCUT2D eigenvalue weighted by atomic mass is 10.0. The van der Waals surface area contributed by atoms with Crippen LogP contribution in [0.1, 0.15) is 50.3 Å². The van der Waals surface area contributed by atoms with Crippen LogP contribution < -0.4 is 15.5 Å². The van der Waals surface area contributed by atoms with E-state index >= 15 is 0 Å². The summed E-state index contributed by atoms with van der Waals surface area (Å²) in [5, 5.41) is 6.72. The number of urea groups is 1. The van der Waals surface area contributed by atoms with Crippen LogP contribution in [0.3, 0.4) is 0 Å². The first-order chi connectivity index (χ1) is 16.1. The average Bonchev–Trinajstić information content (AvgIpc) is 3.37. The third-order valence-electron chi connectivity index (χ3n) is 6.45. The second-order valence-corrected chi connectivity index (χ2v) is 8.98. The predicted molar refractivity (Wildman–Crippen MR) is 138 cm³/mol. The molecule has 4 nitrogen and oxygen atoms in total. The van der Waals surface area contributed by atoms with Crippen LogP contribution in [-0.2, 0) is 6.42 Å². The van der Waals surface area contributed by atoms with Crippen LogP contribution in [-0.4, -0.2) is 25.2 Å². The summed E-state index contributed by atoms with van der Waals surface area (Å²) in [4.78, 5) is 15.2. The molecular weight excluding hydrogens is 406 g/mol. The van der Waals surface area contributed by atoms with Crippen LogP contribution in [0.2, 0.25) is 0 Å². The van der Waals surface area contributed by atoms with Gasteiger partial charge in [0.2, 0.25) is 0 Å². The normalized spacial score (nSPS) is 16.4. The van der Waals surface area contributed by atoms with E-state index in [9.17, 15) is 4.79 Å². The molecule has 1 aliphatic rings. The molecule has 3 aromatic rings. The number of nitrogens with one attached hydrogen (secondary N) is 2. The fourth-order valence-electron chi connectivity index (χ4n) is 4.51. The lowest BCUT2D eigenvalue weighted by molar-refractivity contribution is 0.242. The molecule has 33 heavy (non-hydrogen) atoms. The maximum absolute atomic E-state index is 13.4. The van der Waals surface area contributed by atoms with Crippen molar-refractivity contribution in [3.05, 3.63) is 90.0 Å². The minimum Gasteiger partial charge on any atom is -0.331 e. The van der Waals surface area contributed by atoms with Gasteiger partial charge in [0.1, 0.15) is 0 Å². The molecular formula is C29H35N3O. The summed E-state index contributed by atoms with van der Waals surface area (Å²) < 4.78 is 0. The molecule has 2 atom stereocenters. The molecule has 1 fully saturated rings. The average molecular weight is 442 g/mol. The Morgan fingerprint density at radius 3 is 2.27 bits per heavy atom. The topological polar surface area (TPSA) is 44.4 Å². The Kier molecular flexibility index (Phi) is 7.79. The van der Waals surface area contributed by atoms with Crippen LogP contribution in [0.4, 0.5) is 10.5 Å². The number of rotatable bonds is 8. The molecule has 2 amide bonds. The van der Waals surface area contributed by atoms with Gasteiger partial charge in [0.25, 0.3) is 0 Å². The molecule has 172 valence electrons. The smallest absolute Gasteiger partial charge is 0.322 e. The zero-order chi connectivity index (χ0) is 23.0. The molecule has 0 aliphatic carbocycles. The van der Waals surface area contributed by atoms with E-state index in [1.54, 1.807) is 0 Å². The molecule has 1 heterocycles. The van der Waals surface area contributed by atoms with Crippen molar-refractivity contribution < 1.29 is 4.79 Å². The molecule has 0 unspecified atom stereocenters. The number of carbonyl (C=O) groups is 1. The summed E-state index contributed by atoms with van der Waals surface area (Å²) in [5.74, 6) is 0. The van der Waals surface area contributed by atoms with Gasteiger partial charge in [0.15, 0.2) is 0 Å². The maximum atomic E-state index is 13.4. The van der Waals surface area contributed by atoms with Crippen LogP contribution >= 0.6 is 0 Å². The van der Waals surface area contributed by atoms with E-state index in [0.717, 1.165) is 43.5 Å². The second kappa shape index (κ2) is 11.2. The van der Waals surface area contributed by atoms with Gasteiger partial charge in [0, 0.05) is 18.3 Å². The zero-order valence-corrected chi connectivity index (χ0v) is 19.8. The summed E-state index contributed by atoms with van der Waals surface area (Å²) in [5.41, 5.74) is 5.77. The quantitative estimate of drug-likeness (QED) is 0.429. The third-order valence-corrected chi connectivity index (χ3v) is 6.45. The molecule has 1 saturated heterocycles. The van der Waals surface area contributed by atoms with Crippen molar-refractivity contribution in [3.63, 3.8) is 0 Å². The van der Waals surface area contributed by atoms with Crippen LogP contribution in [0.5, 0.6) is 0 Å². The van der Waals surface area contributed by atoms with E-state index in [0.29, 0.717) is 12.6 Å². The molecule has 3 aromatic carbocycles. The maximum Gasteiger partial charge on any atom is 0.322 e. The zero-order valence-electron chi connectivity index (χ0n) is 19.8. The minimum absolute atomic E-state index is 0.0568. The SMILES string of the molecule is CCCc1ccc(-c2ccc(N(C[C@@H]3CCCN3)C(=O)N[C@@H](C)c3ccccc3)cc2)cc1. The number of anilines is 1. The van der Waals surface area contributed by atoms with Gasteiger partial charge in [-0.25, -0.2) is 4.79 Å². The summed E-state index contributed by atoms with van der Waals surface area (Å²) >= 11 is 0. The number of carbonyl (C=O) groups excluding carboxylic acids is 1. The number of hydrogen-bond donors (Lipinski definition) is 2. The van der Waals surface area contributed by atoms with Crippen molar-refractivity contribution in [2.75, 3.05) is 18.0 Å². The number of benzene rings is 3. The highest BCUT2D eigenvalue weighted by Gasteiger charge is 2.24. The molecule has 4 heteroatoms. The Bertz CT molecular complexity index is 1010. The highest BCUT2D eigenvalue weighted by Crippen LogP contribution is 2.25. The fourth-order valence-corrected chi connectivity index (χ4v) is 4.51. The number of nitrogens with zero attached hydrogens (tertiary/aromatic N) is 1. The predicted octanol–water partition coefficient (Wildman–Crippen LogP) is 6.34. The van der Waals surface area contributed by atoms with Crippen molar-refractivity contribution in [2.24, 2.45) is 0 Å². The molecule has 0 aromatic heterocycles. The first-order valence-electron chi connectivity index (χ1n) is 12.2. The Balaban J connectivity index is 1.51. The molecule has 2 N–H and O–H groups in total. The summed E-state index contributed by atoms with van der Waals surface area (Å²) in [6, 6.07) is 27.5. The van der Waals surface area contributed by atoms with E-state index in [4.69, 9.17) is 0 Å². The lowest BCUT2D eigenvalue weighted by Crippen LogP contribution is -2.46. The van der Waals surface area contributed by atoms with Gasteiger partial charge in [0.05, 0.1) is 6.04 Å². The largest absolute Gasteiger partial charge is 0.331 e. The van der Waals surface area contributed by atoms with Crippen LogP contribution in [0.15, 0.2) is 78.9 Å². The number of aryl methyl sites for hydroxylation is 1. The summed E-state index contributed by atoms with van der Waals surface area (Å²) in [7, 11) is 0. The molecule has 1 aliphatic heterocycles. The summed E-state index contributed by atoms with van der Waals surface area (Å²) in [6.45, 7) is 5.92. The Hall–Kier alpha value is -3.11. The van der Waals surface area contributed by atoms with Crippen molar-refractivity contribution in [1.29, 1.82) is 0 Å². The van der Waals surface area contributed by atoms with Crippen molar-refractivity contribution >= 4 is 11.7 Å². The van der Waals surface area contributed by atoms with E-state index in [-0.39, 0.29) is 12.1 Å². The van der Waals surface area contributed by atoms with Gasteiger partial charge in [-0.2, -0.15) is 0 Å². The molecule has 0 saturated carbocycles. The van der Waals surface area contributed by atoms with Crippen molar-refractivity contribution in [3.8, 4) is 11.1 Å². The third kappa shape index (κ3) is 6.02. The molecule has 0 spiro atoms. The first kappa shape index (κ1) is 23.1. The Morgan fingerprint density at radius 2 is 1.67 bits per heavy atom. The van der Waals surface area contributed by atoms with Gasteiger partial charge in [-0.1, -0.05) is 80.1 Å². The number of amides is 2. The fraction of sp³-hybridized carbons (Fsp3) is 0.345. The standard InChI is InChI=1S/C29H35N3O/c1-3-8-23-12-14-25(15-13-23)26-16-18-28(19-17-26)32(21-27-11-7-20-30-27)29(33)31-22(2)24-9-5-4-6-10-24/h4-6,9-10,12-19,22,27,30H,3,7-8,11,20-21H2,1-2H3,(H,31,33)/t22-,27-/m0/s1. The van der Waals surface area contributed by atoms with Crippen LogP contribution in [0, 0.1) is 0 Å². The second-order valence-electron chi connectivity index (χ2n) is 8.98. The minimum atomic E-state index is -0.0586. The monoisotopic (exact) mass is 441 g/mol. The molecule has 0 radical (unpaired) electrons. The Labute approximate surface area is 198 Å². The van der Waals surface area contributed by atoms with Crippen molar-refractivity contribution in [2.45, 2.75) is 51.6 Å². The van der Waals surface area contributed by atoms with Crippen molar-refractivity contribution in [1.82, 2.24) is 10.6 Å². The van der Waals surface area contributed by atoms with Gasteiger partial charge in [-0.05, 0) is 67.1 Å².